The lowest BCUT2D eigenvalue weighted by atomic mass is 9.84. The van der Waals surface area contributed by atoms with Crippen molar-refractivity contribution >= 4 is 11.8 Å². The molecule has 7 nitrogen and oxygen atoms in total. The first kappa shape index (κ1) is 20.0. The van der Waals surface area contributed by atoms with Gasteiger partial charge in [0.2, 0.25) is 5.91 Å². The van der Waals surface area contributed by atoms with Gasteiger partial charge in [-0.05, 0) is 44.9 Å². The maximum absolute atomic E-state index is 13.3. The maximum Gasteiger partial charge on any atom is 0.255 e. The smallest absolute Gasteiger partial charge is 0.255 e. The predicted molar refractivity (Wildman–Crippen MR) is 116 cm³/mol. The Kier molecular flexibility index (Phi) is 5.12. The fourth-order valence-corrected chi connectivity index (χ4v) is 4.76. The molecule has 3 aliphatic rings. The lowest BCUT2D eigenvalue weighted by Gasteiger charge is -2.38. The summed E-state index contributed by atoms with van der Waals surface area (Å²) in [6, 6.07) is 7.84. The number of hydrogen-bond donors (Lipinski definition) is 0. The summed E-state index contributed by atoms with van der Waals surface area (Å²) in [6.07, 6.45) is 3.20. The minimum absolute atomic E-state index is 0.0348. The standard InChI is InChI=1S/C24H29N3O4/c1-16-14-20(17(2)27(16)19-6-7-21-22(15-19)31-13-12-30-21)24(29)26-10-8-25(9-11-26)23(28)18-4-3-5-18/h6-7,14-15,18H,3-5,8-13H2,1-2H3. The van der Waals surface area contributed by atoms with E-state index in [2.05, 4.69) is 4.57 Å². The van der Waals surface area contributed by atoms with Crippen LogP contribution in [0.5, 0.6) is 11.5 Å². The van der Waals surface area contributed by atoms with Gasteiger partial charge in [-0.1, -0.05) is 6.42 Å². The summed E-state index contributed by atoms with van der Waals surface area (Å²) in [6.45, 7) is 7.52. The lowest BCUT2D eigenvalue weighted by Crippen LogP contribution is -2.52. The topological polar surface area (TPSA) is 64.0 Å². The zero-order valence-corrected chi connectivity index (χ0v) is 18.2. The number of hydrogen-bond acceptors (Lipinski definition) is 4. The Hall–Kier alpha value is -2.96. The van der Waals surface area contributed by atoms with Crippen molar-refractivity contribution in [3.63, 3.8) is 0 Å². The Balaban J connectivity index is 1.32. The molecule has 0 bridgehead atoms. The van der Waals surface area contributed by atoms with Crippen LogP contribution in [0.2, 0.25) is 0 Å². The molecule has 1 saturated heterocycles. The SMILES string of the molecule is Cc1cc(C(=O)N2CCN(C(=O)C3CCC3)CC2)c(C)n1-c1ccc2c(c1)OCCO2. The van der Waals surface area contributed by atoms with Gasteiger partial charge in [-0.25, -0.2) is 0 Å². The molecular formula is C24H29N3O4. The fraction of sp³-hybridized carbons (Fsp3) is 0.500. The van der Waals surface area contributed by atoms with Gasteiger partial charge in [0.15, 0.2) is 11.5 Å². The van der Waals surface area contributed by atoms with Crippen molar-refractivity contribution in [2.24, 2.45) is 5.92 Å². The molecule has 1 aliphatic carbocycles. The zero-order valence-electron chi connectivity index (χ0n) is 18.2. The minimum Gasteiger partial charge on any atom is -0.486 e. The second-order valence-corrected chi connectivity index (χ2v) is 8.69. The third kappa shape index (κ3) is 3.56. The van der Waals surface area contributed by atoms with Gasteiger partial charge in [0, 0.05) is 55.2 Å². The zero-order chi connectivity index (χ0) is 21.5. The number of aromatic nitrogens is 1. The average molecular weight is 424 g/mol. The van der Waals surface area contributed by atoms with Crippen molar-refractivity contribution < 1.29 is 19.1 Å². The van der Waals surface area contributed by atoms with Crippen LogP contribution >= 0.6 is 0 Å². The average Bonchev–Trinajstić information content (AvgIpc) is 3.05. The summed E-state index contributed by atoms with van der Waals surface area (Å²) in [5, 5.41) is 0. The summed E-state index contributed by atoms with van der Waals surface area (Å²) in [7, 11) is 0. The van der Waals surface area contributed by atoms with Gasteiger partial charge in [0.25, 0.3) is 5.91 Å². The second-order valence-electron chi connectivity index (χ2n) is 8.69. The molecule has 1 aromatic heterocycles. The largest absolute Gasteiger partial charge is 0.486 e. The quantitative estimate of drug-likeness (QED) is 0.762. The van der Waals surface area contributed by atoms with Crippen molar-refractivity contribution in [3.05, 3.63) is 41.2 Å². The number of ether oxygens (including phenoxy) is 2. The first-order valence-electron chi connectivity index (χ1n) is 11.2. The van der Waals surface area contributed by atoms with Gasteiger partial charge < -0.3 is 23.8 Å². The molecular weight excluding hydrogens is 394 g/mol. The summed E-state index contributed by atoms with van der Waals surface area (Å²) < 4.78 is 13.4. The Bertz CT molecular complexity index is 1020. The van der Waals surface area contributed by atoms with E-state index in [1.807, 2.05) is 47.9 Å². The van der Waals surface area contributed by atoms with E-state index in [4.69, 9.17) is 9.47 Å². The Morgan fingerprint density at radius 1 is 0.903 bits per heavy atom. The summed E-state index contributed by atoms with van der Waals surface area (Å²) in [5.41, 5.74) is 3.57. The van der Waals surface area contributed by atoms with E-state index in [1.54, 1.807) is 0 Å². The van der Waals surface area contributed by atoms with Crippen LogP contribution in [0.25, 0.3) is 5.69 Å². The number of amides is 2. The van der Waals surface area contributed by atoms with Crippen LogP contribution in [0.15, 0.2) is 24.3 Å². The van der Waals surface area contributed by atoms with Crippen LogP contribution < -0.4 is 9.47 Å². The van der Waals surface area contributed by atoms with E-state index in [-0.39, 0.29) is 17.7 Å². The number of nitrogens with zero attached hydrogens (tertiary/aromatic N) is 3. The molecule has 2 amide bonds. The maximum atomic E-state index is 13.3. The monoisotopic (exact) mass is 423 g/mol. The highest BCUT2D eigenvalue weighted by Crippen LogP contribution is 2.34. The second kappa shape index (κ2) is 7.94. The molecule has 164 valence electrons. The van der Waals surface area contributed by atoms with Gasteiger partial charge in [0.1, 0.15) is 13.2 Å². The van der Waals surface area contributed by atoms with Crippen LogP contribution in [-0.4, -0.2) is 65.6 Å². The summed E-state index contributed by atoms with van der Waals surface area (Å²) in [5.74, 6) is 2.01. The Morgan fingerprint density at radius 3 is 2.26 bits per heavy atom. The Morgan fingerprint density at radius 2 is 1.58 bits per heavy atom. The molecule has 1 aromatic carbocycles. The van der Waals surface area contributed by atoms with E-state index in [0.717, 1.165) is 47.8 Å². The molecule has 0 spiro atoms. The van der Waals surface area contributed by atoms with Crippen molar-refractivity contribution in [2.45, 2.75) is 33.1 Å². The third-order valence-electron chi connectivity index (χ3n) is 6.78. The van der Waals surface area contributed by atoms with Gasteiger partial charge in [-0.3, -0.25) is 9.59 Å². The van der Waals surface area contributed by atoms with Crippen LogP contribution in [-0.2, 0) is 4.79 Å². The molecule has 7 heteroatoms. The van der Waals surface area contributed by atoms with Crippen LogP contribution in [0.1, 0.15) is 41.0 Å². The minimum atomic E-state index is 0.0348. The highest BCUT2D eigenvalue weighted by molar-refractivity contribution is 5.96. The van der Waals surface area contributed by atoms with Crippen LogP contribution in [0.3, 0.4) is 0 Å². The van der Waals surface area contributed by atoms with Gasteiger partial charge >= 0.3 is 0 Å². The predicted octanol–water partition coefficient (Wildman–Crippen LogP) is 2.95. The number of carbonyl (C=O) groups is 2. The summed E-state index contributed by atoms with van der Waals surface area (Å²) >= 11 is 0. The van der Waals surface area contributed by atoms with Crippen molar-refractivity contribution in [2.75, 3.05) is 39.4 Å². The molecule has 1 saturated carbocycles. The molecule has 0 unspecified atom stereocenters. The number of carbonyl (C=O) groups excluding carboxylic acids is 2. The summed E-state index contributed by atoms with van der Waals surface area (Å²) in [4.78, 5) is 29.6. The number of piperazine rings is 1. The number of fused-ring (bicyclic) bond motifs is 1. The molecule has 31 heavy (non-hydrogen) atoms. The Labute approximate surface area is 182 Å². The first-order valence-corrected chi connectivity index (χ1v) is 11.2. The molecule has 0 N–H and O–H groups in total. The molecule has 2 aromatic rings. The van der Waals surface area contributed by atoms with E-state index in [0.29, 0.717) is 45.0 Å². The molecule has 2 fully saturated rings. The van der Waals surface area contributed by atoms with Crippen molar-refractivity contribution in [3.8, 4) is 17.2 Å². The van der Waals surface area contributed by atoms with Crippen molar-refractivity contribution in [1.29, 1.82) is 0 Å². The van der Waals surface area contributed by atoms with E-state index >= 15 is 0 Å². The first-order chi connectivity index (χ1) is 15.0. The number of benzene rings is 1. The molecule has 0 atom stereocenters. The highest BCUT2D eigenvalue weighted by atomic mass is 16.6. The third-order valence-corrected chi connectivity index (χ3v) is 6.78. The fourth-order valence-electron chi connectivity index (χ4n) is 4.76. The van der Waals surface area contributed by atoms with Gasteiger partial charge in [-0.15, -0.1) is 0 Å². The normalized spacial score (nSPS) is 18.6. The molecule has 5 rings (SSSR count). The van der Waals surface area contributed by atoms with E-state index in [9.17, 15) is 9.59 Å². The van der Waals surface area contributed by atoms with Crippen LogP contribution in [0, 0.1) is 19.8 Å². The van der Waals surface area contributed by atoms with Gasteiger partial charge in [0.05, 0.1) is 5.56 Å². The molecule has 0 radical (unpaired) electrons. The van der Waals surface area contributed by atoms with Gasteiger partial charge in [-0.2, -0.15) is 0 Å². The van der Waals surface area contributed by atoms with Crippen LogP contribution in [0.4, 0.5) is 0 Å². The lowest BCUT2D eigenvalue weighted by molar-refractivity contribution is -0.139. The number of rotatable bonds is 3. The highest BCUT2D eigenvalue weighted by Gasteiger charge is 2.33. The number of aryl methyl sites for hydroxylation is 1. The molecule has 3 heterocycles. The van der Waals surface area contributed by atoms with E-state index in [1.165, 1.54) is 0 Å². The molecule has 2 aliphatic heterocycles. The van der Waals surface area contributed by atoms with E-state index < -0.39 is 0 Å². The van der Waals surface area contributed by atoms with Crippen molar-refractivity contribution in [1.82, 2.24) is 14.4 Å².